The lowest BCUT2D eigenvalue weighted by Gasteiger charge is -2.13. The van der Waals surface area contributed by atoms with Crippen LogP contribution in [0.5, 0.6) is 0 Å². The average molecular weight is 262 g/mol. The Morgan fingerprint density at radius 1 is 1.44 bits per heavy atom. The summed E-state index contributed by atoms with van der Waals surface area (Å²) in [6, 6.07) is 6.93. The molecule has 0 saturated carbocycles. The Bertz CT molecular complexity index is 452. The largest absolute Gasteiger partial charge is 0.335 e. The molecule has 1 aliphatic rings. The first-order valence-corrected chi connectivity index (χ1v) is 7.66. The van der Waals surface area contributed by atoms with Gasteiger partial charge >= 0.3 is 0 Å². The van der Waals surface area contributed by atoms with Crippen molar-refractivity contribution in [1.29, 1.82) is 0 Å². The Morgan fingerprint density at radius 3 is 2.83 bits per heavy atom. The second-order valence-electron chi connectivity index (χ2n) is 5.14. The third kappa shape index (κ3) is 2.89. The van der Waals surface area contributed by atoms with E-state index in [4.69, 9.17) is 4.99 Å². The summed E-state index contributed by atoms with van der Waals surface area (Å²) in [5.41, 5.74) is 3.91. The summed E-state index contributed by atoms with van der Waals surface area (Å²) in [6.07, 6.45) is 1.05. The predicted molar refractivity (Wildman–Crippen MR) is 82.7 cm³/mol. The molecule has 0 spiro atoms. The number of para-hydroxylation sites is 1. The average Bonchev–Trinajstić information content (AvgIpc) is 2.80. The molecule has 1 aromatic rings. The van der Waals surface area contributed by atoms with E-state index < -0.39 is 0 Å². The van der Waals surface area contributed by atoms with Gasteiger partial charge in [-0.05, 0) is 30.4 Å². The summed E-state index contributed by atoms with van der Waals surface area (Å²) in [5, 5.41) is 4.61. The zero-order valence-electron chi connectivity index (χ0n) is 11.7. The van der Waals surface area contributed by atoms with Crippen LogP contribution >= 0.6 is 11.8 Å². The first kappa shape index (κ1) is 13.5. The molecule has 0 amide bonds. The fourth-order valence-corrected chi connectivity index (χ4v) is 3.28. The number of hydrogen-bond donors (Lipinski definition) is 1. The van der Waals surface area contributed by atoms with Crippen LogP contribution in [0, 0.1) is 12.8 Å². The Labute approximate surface area is 114 Å². The minimum absolute atomic E-state index is 0.464. The van der Waals surface area contributed by atoms with Crippen LogP contribution < -0.4 is 5.32 Å². The number of nitrogens with zero attached hydrogens (tertiary/aromatic N) is 1. The van der Waals surface area contributed by atoms with Crippen LogP contribution in [-0.2, 0) is 6.42 Å². The number of nitrogens with one attached hydrogen (secondary N) is 1. The maximum atomic E-state index is 4.77. The highest BCUT2D eigenvalue weighted by molar-refractivity contribution is 8.14. The van der Waals surface area contributed by atoms with Gasteiger partial charge in [0, 0.05) is 11.4 Å². The molecule has 1 atom stereocenters. The molecule has 0 bridgehead atoms. The van der Waals surface area contributed by atoms with E-state index in [1.54, 1.807) is 0 Å². The molecular formula is C15H22N2S. The zero-order chi connectivity index (χ0) is 13.1. The molecule has 0 radical (unpaired) electrons. The van der Waals surface area contributed by atoms with Crippen molar-refractivity contribution in [3.8, 4) is 0 Å². The monoisotopic (exact) mass is 262 g/mol. The molecule has 2 rings (SSSR count). The van der Waals surface area contributed by atoms with Crippen LogP contribution in [0.3, 0.4) is 0 Å². The number of rotatable bonds is 3. The van der Waals surface area contributed by atoms with Gasteiger partial charge < -0.3 is 5.32 Å². The maximum Gasteiger partial charge on any atom is 0.161 e. The van der Waals surface area contributed by atoms with E-state index in [0.29, 0.717) is 12.0 Å². The van der Waals surface area contributed by atoms with Crippen LogP contribution in [0.4, 0.5) is 5.69 Å². The molecule has 0 fully saturated rings. The van der Waals surface area contributed by atoms with E-state index in [1.807, 2.05) is 11.8 Å². The van der Waals surface area contributed by atoms with Gasteiger partial charge in [0.05, 0.1) is 6.04 Å². The Morgan fingerprint density at radius 2 is 2.22 bits per heavy atom. The summed E-state index contributed by atoms with van der Waals surface area (Å²) < 4.78 is 0. The highest BCUT2D eigenvalue weighted by Crippen LogP contribution is 2.27. The van der Waals surface area contributed by atoms with Crippen molar-refractivity contribution in [2.45, 2.75) is 40.2 Å². The Kier molecular flexibility index (Phi) is 4.33. The van der Waals surface area contributed by atoms with Crippen LogP contribution in [0.15, 0.2) is 23.2 Å². The minimum Gasteiger partial charge on any atom is -0.335 e. The van der Waals surface area contributed by atoms with E-state index in [-0.39, 0.29) is 0 Å². The third-order valence-electron chi connectivity index (χ3n) is 3.42. The van der Waals surface area contributed by atoms with E-state index in [2.05, 4.69) is 51.2 Å². The summed E-state index contributed by atoms with van der Waals surface area (Å²) >= 11 is 1.84. The Hall–Kier alpha value is -0.960. The second kappa shape index (κ2) is 5.79. The molecule has 1 aliphatic heterocycles. The smallest absolute Gasteiger partial charge is 0.161 e. The highest BCUT2D eigenvalue weighted by Gasteiger charge is 2.21. The SMILES string of the molecule is CCc1cccc(C)c1NC1=NC(C(C)C)CS1. The molecule has 18 heavy (non-hydrogen) atoms. The second-order valence-corrected chi connectivity index (χ2v) is 6.15. The molecule has 1 unspecified atom stereocenters. The molecule has 0 aliphatic carbocycles. The maximum absolute atomic E-state index is 4.77. The van der Waals surface area contributed by atoms with E-state index >= 15 is 0 Å². The van der Waals surface area contributed by atoms with Crippen LogP contribution in [0.2, 0.25) is 0 Å². The van der Waals surface area contributed by atoms with Crippen molar-refractivity contribution in [3.05, 3.63) is 29.3 Å². The lowest BCUT2D eigenvalue weighted by Crippen LogP contribution is -2.12. The zero-order valence-corrected chi connectivity index (χ0v) is 12.5. The normalized spacial score (nSPS) is 19.2. The molecule has 1 heterocycles. The molecule has 3 heteroatoms. The lowest BCUT2D eigenvalue weighted by molar-refractivity contribution is 0.543. The number of aliphatic imine (C=N–C) groups is 1. The summed E-state index contributed by atoms with van der Waals surface area (Å²) in [6.45, 7) is 8.83. The number of amidine groups is 1. The first-order valence-electron chi connectivity index (χ1n) is 6.68. The first-order chi connectivity index (χ1) is 8.61. The van der Waals surface area contributed by atoms with Crippen LogP contribution in [-0.4, -0.2) is 17.0 Å². The number of aryl methyl sites for hydroxylation is 2. The van der Waals surface area contributed by atoms with Crippen molar-refractivity contribution >= 4 is 22.6 Å². The van der Waals surface area contributed by atoms with Gasteiger partial charge in [-0.3, -0.25) is 4.99 Å². The van der Waals surface area contributed by atoms with Crippen molar-refractivity contribution in [1.82, 2.24) is 0 Å². The van der Waals surface area contributed by atoms with Gasteiger partial charge in [0.15, 0.2) is 5.17 Å². The van der Waals surface area contributed by atoms with Crippen molar-refractivity contribution in [2.24, 2.45) is 10.9 Å². The fraction of sp³-hybridized carbons (Fsp3) is 0.533. The summed E-state index contributed by atoms with van der Waals surface area (Å²) in [7, 11) is 0. The van der Waals surface area contributed by atoms with Gasteiger partial charge in [-0.25, -0.2) is 0 Å². The standard InChI is InChI=1S/C15H22N2S/c1-5-12-8-6-7-11(4)14(12)17-15-16-13(9-18-15)10(2)3/h6-8,10,13H,5,9H2,1-4H3,(H,16,17). The van der Waals surface area contributed by atoms with Gasteiger partial charge in [0.2, 0.25) is 0 Å². The number of anilines is 1. The van der Waals surface area contributed by atoms with E-state index in [1.165, 1.54) is 16.8 Å². The summed E-state index contributed by atoms with van der Waals surface area (Å²) in [5.74, 6) is 1.73. The molecule has 98 valence electrons. The molecular weight excluding hydrogens is 240 g/mol. The van der Waals surface area contributed by atoms with Gasteiger partial charge in [0.25, 0.3) is 0 Å². The molecule has 2 nitrogen and oxygen atoms in total. The quantitative estimate of drug-likeness (QED) is 0.887. The molecule has 0 aromatic heterocycles. The van der Waals surface area contributed by atoms with Crippen molar-refractivity contribution in [2.75, 3.05) is 11.1 Å². The van der Waals surface area contributed by atoms with Crippen molar-refractivity contribution < 1.29 is 0 Å². The minimum atomic E-state index is 0.464. The summed E-state index contributed by atoms with van der Waals surface area (Å²) in [4.78, 5) is 4.77. The van der Waals surface area contributed by atoms with Gasteiger partial charge in [-0.2, -0.15) is 0 Å². The Balaban J connectivity index is 2.18. The molecule has 1 N–H and O–H groups in total. The number of thioether (sulfide) groups is 1. The fourth-order valence-electron chi connectivity index (χ4n) is 2.11. The van der Waals surface area contributed by atoms with E-state index in [0.717, 1.165) is 17.3 Å². The van der Waals surface area contributed by atoms with Gasteiger partial charge in [0.1, 0.15) is 0 Å². The third-order valence-corrected chi connectivity index (χ3v) is 4.40. The van der Waals surface area contributed by atoms with Crippen molar-refractivity contribution in [3.63, 3.8) is 0 Å². The number of benzene rings is 1. The predicted octanol–water partition coefficient (Wildman–Crippen LogP) is 4.10. The van der Waals surface area contributed by atoms with E-state index in [9.17, 15) is 0 Å². The molecule has 0 saturated heterocycles. The lowest BCUT2D eigenvalue weighted by atomic mass is 10.1. The van der Waals surface area contributed by atoms with Crippen LogP contribution in [0.25, 0.3) is 0 Å². The van der Waals surface area contributed by atoms with Gasteiger partial charge in [-0.15, -0.1) is 0 Å². The molecule has 1 aromatic carbocycles. The topological polar surface area (TPSA) is 24.4 Å². The van der Waals surface area contributed by atoms with Crippen LogP contribution in [0.1, 0.15) is 31.9 Å². The van der Waals surface area contributed by atoms with Gasteiger partial charge in [-0.1, -0.05) is 50.7 Å². The number of hydrogen-bond acceptors (Lipinski definition) is 3. The highest BCUT2D eigenvalue weighted by atomic mass is 32.2.